The largest absolute Gasteiger partial charge is 0.417 e. The monoisotopic (exact) mass is 334 g/mol. The van der Waals surface area contributed by atoms with Crippen LogP contribution < -0.4 is 0 Å². The molecule has 2 aliphatic carbocycles. The van der Waals surface area contributed by atoms with E-state index in [-0.39, 0.29) is 16.2 Å². The Morgan fingerprint density at radius 3 is 2.52 bits per heavy atom. The molecule has 1 fully saturated rings. The maximum absolute atomic E-state index is 12.0. The summed E-state index contributed by atoms with van der Waals surface area (Å²) in [5, 5.41) is 0.233. The van der Waals surface area contributed by atoms with Crippen LogP contribution in [0.25, 0.3) is 0 Å². The molecule has 1 spiro atoms. The summed E-state index contributed by atoms with van der Waals surface area (Å²) in [4.78, 5) is 12.0. The molecule has 2 nitrogen and oxygen atoms in total. The molecule has 0 aromatic rings. The third-order valence-electron chi connectivity index (χ3n) is 6.56. The van der Waals surface area contributed by atoms with Crippen LogP contribution >= 0.6 is 0 Å². The molecule has 3 atom stereocenters. The zero-order valence-electron chi connectivity index (χ0n) is 15.9. The summed E-state index contributed by atoms with van der Waals surface area (Å²) in [7, 11) is -1.74. The predicted octanol–water partition coefficient (Wildman–Crippen LogP) is 5.52. The van der Waals surface area contributed by atoms with Gasteiger partial charge in [0, 0.05) is 18.4 Å². The topological polar surface area (TPSA) is 26.3 Å². The van der Waals surface area contributed by atoms with Crippen molar-refractivity contribution in [2.24, 2.45) is 17.3 Å². The molecule has 1 unspecified atom stereocenters. The zero-order chi connectivity index (χ0) is 17.5. The molecule has 0 saturated heterocycles. The Balaban J connectivity index is 2.13. The maximum Gasteiger partial charge on any atom is 0.191 e. The van der Waals surface area contributed by atoms with Gasteiger partial charge in [-0.3, -0.25) is 4.79 Å². The summed E-state index contributed by atoms with van der Waals surface area (Å²) in [6.45, 7) is 18.6. The van der Waals surface area contributed by atoms with E-state index >= 15 is 0 Å². The first-order valence-electron chi connectivity index (χ1n) is 8.98. The Labute approximate surface area is 143 Å². The third-order valence-corrected chi connectivity index (χ3v) is 11.1. The second-order valence-electron chi connectivity index (χ2n) is 9.30. The highest BCUT2D eigenvalue weighted by Crippen LogP contribution is 2.52. The van der Waals surface area contributed by atoms with Gasteiger partial charge in [-0.05, 0) is 62.2 Å². The molecular weight excluding hydrogens is 300 g/mol. The van der Waals surface area contributed by atoms with E-state index in [1.54, 1.807) is 6.08 Å². The number of hydrogen-bond donors (Lipinski definition) is 0. The molecule has 0 N–H and O–H groups in total. The van der Waals surface area contributed by atoms with Crippen LogP contribution in [0.3, 0.4) is 0 Å². The van der Waals surface area contributed by atoms with Crippen LogP contribution in [0.1, 0.15) is 53.4 Å². The van der Waals surface area contributed by atoms with Gasteiger partial charge in [0.05, 0.1) is 0 Å². The second-order valence-corrected chi connectivity index (χ2v) is 14.1. The van der Waals surface area contributed by atoms with Crippen molar-refractivity contribution in [1.29, 1.82) is 0 Å². The number of rotatable bonds is 4. The molecule has 0 aromatic heterocycles. The number of carbonyl (C=O) groups is 1. The molecule has 1 saturated carbocycles. The average Bonchev–Trinajstić information content (AvgIpc) is 2.77. The van der Waals surface area contributed by atoms with E-state index in [2.05, 4.69) is 53.4 Å². The van der Waals surface area contributed by atoms with Crippen LogP contribution in [0.2, 0.25) is 18.1 Å². The summed E-state index contributed by atoms with van der Waals surface area (Å²) in [5.74, 6) is 1.30. The van der Waals surface area contributed by atoms with E-state index in [0.717, 1.165) is 19.4 Å². The number of carbonyl (C=O) groups excluding carboxylic acids is 1. The first-order chi connectivity index (χ1) is 10.5. The molecule has 23 heavy (non-hydrogen) atoms. The minimum atomic E-state index is -1.74. The minimum Gasteiger partial charge on any atom is -0.417 e. The Morgan fingerprint density at radius 2 is 2.04 bits per heavy atom. The van der Waals surface area contributed by atoms with E-state index in [9.17, 15) is 4.79 Å². The molecule has 2 aliphatic rings. The molecule has 0 aliphatic heterocycles. The third kappa shape index (κ3) is 3.88. The van der Waals surface area contributed by atoms with Gasteiger partial charge in [-0.15, -0.1) is 0 Å². The van der Waals surface area contributed by atoms with Crippen molar-refractivity contribution in [2.75, 3.05) is 6.61 Å². The van der Waals surface area contributed by atoms with Crippen molar-refractivity contribution < 1.29 is 9.22 Å². The van der Waals surface area contributed by atoms with Gasteiger partial charge in [-0.2, -0.15) is 0 Å². The van der Waals surface area contributed by atoms with Crippen LogP contribution in [0.15, 0.2) is 24.3 Å². The predicted molar refractivity (Wildman–Crippen MR) is 100.0 cm³/mol. The summed E-state index contributed by atoms with van der Waals surface area (Å²) < 4.78 is 6.52. The van der Waals surface area contributed by atoms with Crippen LogP contribution in [0.4, 0.5) is 0 Å². The van der Waals surface area contributed by atoms with Crippen molar-refractivity contribution in [1.82, 2.24) is 0 Å². The van der Waals surface area contributed by atoms with E-state index in [1.165, 1.54) is 12.0 Å². The van der Waals surface area contributed by atoms with Gasteiger partial charge >= 0.3 is 0 Å². The number of hydrogen-bond acceptors (Lipinski definition) is 2. The molecule has 0 radical (unpaired) electrons. The van der Waals surface area contributed by atoms with E-state index in [4.69, 9.17) is 4.43 Å². The van der Waals surface area contributed by atoms with Gasteiger partial charge in [-0.1, -0.05) is 39.0 Å². The van der Waals surface area contributed by atoms with Crippen molar-refractivity contribution in [3.8, 4) is 0 Å². The first kappa shape index (κ1) is 18.7. The lowest BCUT2D eigenvalue weighted by atomic mass is 9.61. The standard InChI is InChI=1S/C20H34O2Si/c1-15(2)16-8-9-17(14-22-23(6,7)19(3,4)5)20(12-16)11-10-18(21)13-20/h10-11,16-17H,1,8-9,12-14H2,2-7H3/t16-,17+,20?/m0/s1. The van der Waals surface area contributed by atoms with Crippen LogP contribution in [-0.2, 0) is 9.22 Å². The fourth-order valence-corrected chi connectivity index (χ4v) is 4.79. The molecule has 0 aromatic carbocycles. The van der Waals surface area contributed by atoms with Gasteiger partial charge in [0.15, 0.2) is 14.1 Å². The van der Waals surface area contributed by atoms with Crippen molar-refractivity contribution in [2.45, 2.75) is 71.5 Å². The van der Waals surface area contributed by atoms with Crippen LogP contribution in [0, 0.1) is 17.3 Å². The summed E-state index contributed by atoms with van der Waals surface area (Å²) >= 11 is 0. The molecule has 130 valence electrons. The summed E-state index contributed by atoms with van der Waals surface area (Å²) in [6, 6.07) is 0. The van der Waals surface area contributed by atoms with Gasteiger partial charge in [-0.25, -0.2) is 0 Å². The Morgan fingerprint density at radius 1 is 1.39 bits per heavy atom. The summed E-state index contributed by atoms with van der Waals surface area (Å²) in [6.07, 6.45) is 8.07. The molecule has 0 heterocycles. The molecule has 0 bridgehead atoms. The van der Waals surface area contributed by atoms with Gasteiger partial charge in [0.1, 0.15) is 0 Å². The fourth-order valence-electron chi connectivity index (χ4n) is 3.73. The molecule has 2 rings (SSSR count). The maximum atomic E-state index is 12.0. The minimum absolute atomic E-state index is 0.0152. The highest BCUT2D eigenvalue weighted by molar-refractivity contribution is 6.74. The highest BCUT2D eigenvalue weighted by Gasteiger charge is 2.47. The Hall–Kier alpha value is -0.673. The van der Waals surface area contributed by atoms with Gasteiger partial charge < -0.3 is 4.43 Å². The SMILES string of the molecule is C=C(C)[C@H]1CC[C@H](CO[Si](C)(C)C(C)(C)C)C2(C=CC(=O)C2)C1. The molecule has 0 amide bonds. The average molecular weight is 335 g/mol. The number of ketones is 1. The Kier molecular flexibility index (Phi) is 5.13. The lowest BCUT2D eigenvalue weighted by molar-refractivity contribution is -0.116. The van der Waals surface area contributed by atoms with E-state index in [1.807, 2.05) is 0 Å². The quantitative estimate of drug-likeness (QED) is 0.500. The second kappa shape index (κ2) is 6.32. The van der Waals surface area contributed by atoms with Gasteiger partial charge in [0.25, 0.3) is 0 Å². The lowest BCUT2D eigenvalue weighted by Crippen LogP contribution is -2.45. The van der Waals surface area contributed by atoms with E-state index in [0.29, 0.717) is 18.3 Å². The normalized spacial score (nSPS) is 31.8. The Bertz CT molecular complexity index is 512. The zero-order valence-corrected chi connectivity index (χ0v) is 16.9. The van der Waals surface area contributed by atoms with Crippen molar-refractivity contribution >= 4 is 14.1 Å². The fraction of sp³-hybridized carbons (Fsp3) is 0.750. The van der Waals surface area contributed by atoms with Crippen molar-refractivity contribution in [3.05, 3.63) is 24.3 Å². The highest BCUT2D eigenvalue weighted by atomic mass is 28.4. The van der Waals surface area contributed by atoms with E-state index < -0.39 is 8.32 Å². The molecule has 3 heteroatoms. The smallest absolute Gasteiger partial charge is 0.191 e. The number of allylic oxidation sites excluding steroid dienone is 3. The first-order valence-corrected chi connectivity index (χ1v) is 11.9. The lowest BCUT2D eigenvalue weighted by Gasteiger charge is -2.46. The van der Waals surface area contributed by atoms with Gasteiger partial charge in [0.2, 0.25) is 0 Å². The van der Waals surface area contributed by atoms with Crippen LogP contribution in [-0.4, -0.2) is 20.7 Å². The molecular formula is C20H34O2Si. The van der Waals surface area contributed by atoms with Crippen LogP contribution in [0.5, 0.6) is 0 Å². The van der Waals surface area contributed by atoms with Crippen molar-refractivity contribution in [3.63, 3.8) is 0 Å². The summed E-state index contributed by atoms with van der Waals surface area (Å²) in [5.41, 5.74) is 1.28.